The van der Waals surface area contributed by atoms with Crippen molar-refractivity contribution < 1.29 is 13.9 Å². The molecule has 16 heavy (non-hydrogen) atoms. The molecule has 0 aliphatic heterocycles. The number of benzene rings is 1. The second kappa shape index (κ2) is 2.88. The highest BCUT2D eigenvalue weighted by Gasteiger charge is 2.09. The summed E-state index contributed by atoms with van der Waals surface area (Å²) in [6.07, 6.45) is 1.62. The highest BCUT2D eigenvalue weighted by Crippen LogP contribution is 2.30. The average molecular weight is 216 g/mol. The van der Waals surface area contributed by atoms with Crippen LogP contribution in [0.4, 0.5) is 0 Å². The van der Waals surface area contributed by atoms with Gasteiger partial charge in [-0.2, -0.15) is 0 Å². The maximum Gasteiger partial charge on any atom is 0.339 e. The summed E-state index contributed by atoms with van der Waals surface area (Å²) in [7, 11) is 0. The van der Waals surface area contributed by atoms with Crippen LogP contribution in [0, 0.1) is 6.92 Å². The first-order valence-corrected chi connectivity index (χ1v) is 4.80. The lowest BCUT2D eigenvalue weighted by molar-refractivity contribution is 0.468. The van der Waals surface area contributed by atoms with Crippen LogP contribution >= 0.6 is 0 Å². The van der Waals surface area contributed by atoms with Gasteiger partial charge in [-0.1, -0.05) is 0 Å². The molecule has 2 aromatic heterocycles. The van der Waals surface area contributed by atoms with Crippen LogP contribution in [0.5, 0.6) is 5.75 Å². The molecular formula is C12H8O4. The van der Waals surface area contributed by atoms with Crippen LogP contribution in [-0.4, -0.2) is 5.11 Å². The molecule has 0 saturated heterocycles. The van der Waals surface area contributed by atoms with Gasteiger partial charge in [-0.3, -0.25) is 0 Å². The summed E-state index contributed by atoms with van der Waals surface area (Å²) in [5, 5.41) is 11.1. The lowest BCUT2D eigenvalue weighted by Crippen LogP contribution is -1.95. The van der Waals surface area contributed by atoms with Crippen molar-refractivity contribution in [2.45, 2.75) is 6.92 Å². The van der Waals surface area contributed by atoms with E-state index < -0.39 is 5.63 Å². The molecule has 4 heteroatoms. The Bertz CT molecular complexity index is 749. The molecule has 0 bridgehead atoms. The van der Waals surface area contributed by atoms with E-state index in [0.29, 0.717) is 16.6 Å². The maximum atomic E-state index is 11.1. The Morgan fingerprint density at radius 3 is 2.75 bits per heavy atom. The van der Waals surface area contributed by atoms with Crippen LogP contribution in [0.25, 0.3) is 21.9 Å². The zero-order valence-corrected chi connectivity index (χ0v) is 8.48. The van der Waals surface area contributed by atoms with Crippen LogP contribution in [-0.2, 0) is 0 Å². The normalized spacial score (nSPS) is 11.3. The molecule has 80 valence electrons. The van der Waals surface area contributed by atoms with Crippen molar-refractivity contribution in [3.05, 3.63) is 40.4 Å². The fourth-order valence-corrected chi connectivity index (χ4v) is 1.79. The molecule has 0 fully saturated rings. The Balaban J connectivity index is 2.58. The molecule has 0 aliphatic rings. The SMILES string of the molecule is Cc1coc2cc3oc(=O)cc(O)c3cc12. The van der Waals surface area contributed by atoms with Crippen molar-refractivity contribution in [3.8, 4) is 5.75 Å². The lowest BCUT2D eigenvalue weighted by atomic mass is 10.1. The van der Waals surface area contributed by atoms with Gasteiger partial charge in [-0.25, -0.2) is 4.79 Å². The van der Waals surface area contributed by atoms with Crippen LogP contribution < -0.4 is 5.63 Å². The molecule has 0 aliphatic carbocycles. The number of hydrogen-bond donors (Lipinski definition) is 1. The van der Waals surface area contributed by atoms with Crippen LogP contribution in [0.3, 0.4) is 0 Å². The van der Waals surface area contributed by atoms with Gasteiger partial charge in [-0.15, -0.1) is 0 Å². The van der Waals surface area contributed by atoms with E-state index in [1.54, 1.807) is 18.4 Å². The van der Waals surface area contributed by atoms with Crippen molar-refractivity contribution >= 4 is 21.9 Å². The van der Waals surface area contributed by atoms with E-state index in [1.165, 1.54) is 0 Å². The van der Waals surface area contributed by atoms with Gasteiger partial charge in [-0.05, 0) is 18.6 Å². The quantitative estimate of drug-likeness (QED) is 0.586. The van der Waals surface area contributed by atoms with E-state index in [-0.39, 0.29) is 5.75 Å². The standard InChI is InChI=1S/C12H8O4/c1-6-5-15-10-4-11-8(2-7(6)10)9(13)3-12(14)16-11/h2-5,13H,1H3. The van der Waals surface area contributed by atoms with Crippen LogP contribution in [0.2, 0.25) is 0 Å². The van der Waals surface area contributed by atoms with E-state index in [1.807, 2.05) is 6.92 Å². The third kappa shape index (κ3) is 1.13. The second-order valence-electron chi connectivity index (χ2n) is 3.71. The number of aryl methyl sites for hydroxylation is 1. The van der Waals surface area contributed by atoms with Crippen molar-refractivity contribution in [1.29, 1.82) is 0 Å². The third-order valence-corrected chi connectivity index (χ3v) is 2.61. The minimum absolute atomic E-state index is 0.0752. The van der Waals surface area contributed by atoms with E-state index in [2.05, 4.69) is 0 Å². The first-order chi connectivity index (χ1) is 7.65. The Labute approximate surface area is 89.7 Å². The summed E-state index contributed by atoms with van der Waals surface area (Å²) in [6.45, 7) is 1.91. The van der Waals surface area contributed by atoms with E-state index in [9.17, 15) is 9.90 Å². The van der Waals surface area contributed by atoms with E-state index >= 15 is 0 Å². The zero-order chi connectivity index (χ0) is 11.3. The minimum atomic E-state index is -0.576. The first kappa shape index (κ1) is 9.03. The van der Waals surface area contributed by atoms with Crippen LogP contribution in [0.15, 0.2) is 38.1 Å². The first-order valence-electron chi connectivity index (χ1n) is 4.80. The smallest absolute Gasteiger partial charge is 0.339 e. The van der Waals surface area contributed by atoms with Gasteiger partial charge >= 0.3 is 5.63 Å². The fraction of sp³-hybridized carbons (Fsp3) is 0.0833. The molecule has 0 saturated carbocycles. The topological polar surface area (TPSA) is 63.6 Å². The average Bonchev–Trinajstić information content (AvgIpc) is 2.57. The Morgan fingerprint density at radius 2 is 1.94 bits per heavy atom. The molecule has 0 spiro atoms. The van der Waals surface area contributed by atoms with Crippen molar-refractivity contribution in [2.75, 3.05) is 0 Å². The minimum Gasteiger partial charge on any atom is -0.507 e. The molecule has 0 amide bonds. The van der Waals surface area contributed by atoms with Gasteiger partial charge in [0.25, 0.3) is 0 Å². The summed E-state index contributed by atoms with van der Waals surface area (Å²) in [5.41, 5.74) is 1.36. The highest BCUT2D eigenvalue weighted by molar-refractivity contribution is 5.97. The summed E-state index contributed by atoms with van der Waals surface area (Å²) in [4.78, 5) is 11.1. The predicted octanol–water partition coefficient (Wildman–Crippen LogP) is 2.55. The van der Waals surface area contributed by atoms with Gasteiger partial charge in [0, 0.05) is 11.5 Å². The Morgan fingerprint density at radius 1 is 1.12 bits per heavy atom. The van der Waals surface area contributed by atoms with Gasteiger partial charge < -0.3 is 13.9 Å². The van der Waals surface area contributed by atoms with Gasteiger partial charge in [0.05, 0.1) is 17.7 Å². The summed E-state index contributed by atoms with van der Waals surface area (Å²) in [5.74, 6) is -0.0752. The zero-order valence-electron chi connectivity index (χ0n) is 8.48. The molecule has 0 unspecified atom stereocenters. The van der Waals surface area contributed by atoms with Gasteiger partial charge in [0.15, 0.2) is 0 Å². The molecule has 4 nitrogen and oxygen atoms in total. The lowest BCUT2D eigenvalue weighted by Gasteiger charge is -1.99. The molecule has 1 N–H and O–H groups in total. The van der Waals surface area contributed by atoms with Crippen molar-refractivity contribution in [2.24, 2.45) is 0 Å². The maximum absolute atomic E-state index is 11.1. The molecule has 3 rings (SSSR count). The van der Waals surface area contributed by atoms with Crippen molar-refractivity contribution in [3.63, 3.8) is 0 Å². The monoisotopic (exact) mass is 216 g/mol. The predicted molar refractivity (Wildman–Crippen MR) is 58.7 cm³/mol. The Kier molecular flexibility index (Phi) is 1.63. The molecule has 0 radical (unpaired) electrons. The second-order valence-corrected chi connectivity index (χ2v) is 3.71. The summed E-state index contributed by atoms with van der Waals surface area (Å²) in [6, 6.07) is 4.42. The number of hydrogen-bond acceptors (Lipinski definition) is 4. The van der Waals surface area contributed by atoms with Crippen LogP contribution in [0.1, 0.15) is 5.56 Å². The Hall–Kier alpha value is -2.23. The molecule has 3 aromatic rings. The summed E-state index contributed by atoms with van der Waals surface area (Å²) >= 11 is 0. The third-order valence-electron chi connectivity index (χ3n) is 2.61. The largest absolute Gasteiger partial charge is 0.507 e. The molecular weight excluding hydrogens is 208 g/mol. The van der Waals surface area contributed by atoms with E-state index in [4.69, 9.17) is 8.83 Å². The molecule has 0 atom stereocenters. The molecule has 2 heterocycles. The van der Waals surface area contributed by atoms with Gasteiger partial charge in [0.1, 0.15) is 16.9 Å². The van der Waals surface area contributed by atoms with E-state index in [0.717, 1.165) is 17.0 Å². The number of furan rings is 1. The summed E-state index contributed by atoms with van der Waals surface area (Å²) < 4.78 is 10.3. The number of rotatable bonds is 0. The van der Waals surface area contributed by atoms with Gasteiger partial charge in [0.2, 0.25) is 0 Å². The highest BCUT2D eigenvalue weighted by atomic mass is 16.4. The number of aromatic hydroxyl groups is 1. The number of fused-ring (bicyclic) bond motifs is 2. The van der Waals surface area contributed by atoms with Crippen molar-refractivity contribution in [1.82, 2.24) is 0 Å². The fourth-order valence-electron chi connectivity index (χ4n) is 1.79. The molecule has 1 aromatic carbocycles.